The Balaban J connectivity index is 1.34. The molecule has 1 aliphatic carbocycles. The van der Waals surface area contributed by atoms with Gasteiger partial charge in [0.25, 0.3) is 0 Å². The summed E-state index contributed by atoms with van der Waals surface area (Å²) in [6.07, 6.45) is 4.29. The lowest BCUT2D eigenvalue weighted by Gasteiger charge is -2.07. The largest absolute Gasteiger partial charge is 0.444 e. The van der Waals surface area contributed by atoms with E-state index in [1.165, 1.54) is 18.4 Å². The maximum Gasteiger partial charge on any atom is 0.197 e. The van der Waals surface area contributed by atoms with Crippen molar-refractivity contribution in [3.63, 3.8) is 0 Å². The first-order chi connectivity index (χ1) is 10.8. The molecule has 0 spiro atoms. The average molecular weight is 296 g/mol. The maximum atomic E-state index is 5.75. The summed E-state index contributed by atoms with van der Waals surface area (Å²) in [4.78, 5) is 8.93. The number of nitrogens with zero attached hydrogens (tertiary/aromatic N) is 3. The van der Waals surface area contributed by atoms with Crippen molar-refractivity contribution in [2.45, 2.75) is 38.8 Å². The minimum absolute atomic E-state index is 0.578. The second kappa shape index (κ2) is 5.57. The average Bonchev–Trinajstić information content (AvgIpc) is 3.18. The van der Waals surface area contributed by atoms with Crippen molar-refractivity contribution in [1.29, 1.82) is 0 Å². The van der Waals surface area contributed by atoms with Crippen LogP contribution in [0.4, 0.5) is 0 Å². The van der Waals surface area contributed by atoms with Crippen LogP contribution in [0.1, 0.15) is 36.2 Å². The molecule has 2 aromatic heterocycles. The molecule has 114 valence electrons. The molecular formula is C17H20N4O. The van der Waals surface area contributed by atoms with Gasteiger partial charge < -0.3 is 14.3 Å². The van der Waals surface area contributed by atoms with Crippen LogP contribution in [-0.4, -0.2) is 21.1 Å². The maximum absolute atomic E-state index is 5.75. The van der Waals surface area contributed by atoms with Crippen LogP contribution in [0.3, 0.4) is 0 Å². The van der Waals surface area contributed by atoms with E-state index in [-0.39, 0.29) is 0 Å². The van der Waals surface area contributed by atoms with Crippen molar-refractivity contribution in [3.8, 4) is 0 Å². The van der Waals surface area contributed by atoms with Gasteiger partial charge in [0.2, 0.25) is 0 Å². The van der Waals surface area contributed by atoms with Crippen LogP contribution in [-0.2, 0) is 13.1 Å². The fourth-order valence-electron chi connectivity index (χ4n) is 2.80. The molecule has 0 unspecified atom stereocenters. The van der Waals surface area contributed by atoms with E-state index in [0.717, 1.165) is 42.6 Å². The van der Waals surface area contributed by atoms with E-state index in [1.807, 2.05) is 12.3 Å². The zero-order valence-electron chi connectivity index (χ0n) is 12.7. The smallest absolute Gasteiger partial charge is 0.197 e. The van der Waals surface area contributed by atoms with E-state index in [0.29, 0.717) is 5.92 Å². The first kappa shape index (κ1) is 13.5. The number of fused-ring (bicyclic) bond motifs is 1. The molecule has 1 aromatic carbocycles. The summed E-state index contributed by atoms with van der Waals surface area (Å²) < 4.78 is 7.99. The number of aromatic nitrogens is 3. The van der Waals surface area contributed by atoms with Crippen molar-refractivity contribution >= 4 is 11.0 Å². The Hall–Kier alpha value is -2.14. The Morgan fingerprint density at radius 3 is 3.05 bits per heavy atom. The molecule has 0 bridgehead atoms. The molecule has 0 amide bonds. The van der Waals surface area contributed by atoms with Crippen LogP contribution in [0.25, 0.3) is 11.0 Å². The van der Waals surface area contributed by atoms with E-state index < -0.39 is 0 Å². The Morgan fingerprint density at radius 1 is 1.32 bits per heavy atom. The SMILES string of the molecule is Cc1nc2ccccc2n1CCNCc1cnc(C2CC2)o1. The molecule has 0 radical (unpaired) electrons. The second-order valence-electron chi connectivity index (χ2n) is 5.92. The fraction of sp³-hybridized carbons (Fsp3) is 0.412. The predicted molar refractivity (Wildman–Crippen MR) is 84.7 cm³/mol. The van der Waals surface area contributed by atoms with Crippen LogP contribution >= 0.6 is 0 Å². The Morgan fingerprint density at radius 2 is 2.18 bits per heavy atom. The molecule has 2 heterocycles. The van der Waals surface area contributed by atoms with Crippen LogP contribution in [0.2, 0.25) is 0 Å². The standard InChI is InChI=1S/C17H20N4O/c1-12-20-15-4-2-3-5-16(15)21(12)9-8-18-10-14-11-19-17(22-14)13-6-7-13/h2-5,11,13,18H,6-10H2,1H3. The van der Waals surface area contributed by atoms with Crippen molar-refractivity contribution in [3.05, 3.63) is 47.9 Å². The molecule has 1 N–H and O–H groups in total. The fourth-order valence-corrected chi connectivity index (χ4v) is 2.80. The molecule has 3 aromatic rings. The van der Waals surface area contributed by atoms with Gasteiger partial charge in [0, 0.05) is 19.0 Å². The summed E-state index contributed by atoms with van der Waals surface area (Å²) in [6.45, 7) is 4.56. The van der Waals surface area contributed by atoms with Gasteiger partial charge in [-0.1, -0.05) is 12.1 Å². The molecule has 1 aliphatic rings. The number of rotatable bonds is 6. The van der Waals surface area contributed by atoms with Gasteiger partial charge in [-0.25, -0.2) is 9.97 Å². The van der Waals surface area contributed by atoms with Crippen molar-refractivity contribution in [2.24, 2.45) is 0 Å². The minimum atomic E-state index is 0.578. The molecule has 0 saturated heterocycles. The normalized spacial score (nSPS) is 14.8. The monoisotopic (exact) mass is 296 g/mol. The van der Waals surface area contributed by atoms with Gasteiger partial charge in [0.05, 0.1) is 23.8 Å². The van der Waals surface area contributed by atoms with Crippen molar-refractivity contribution in [1.82, 2.24) is 19.9 Å². The molecule has 1 fully saturated rings. The molecule has 0 atom stereocenters. The number of imidazole rings is 1. The number of nitrogens with one attached hydrogen (secondary N) is 1. The van der Waals surface area contributed by atoms with Crippen LogP contribution < -0.4 is 5.32 Å². The number of hydrogen-bond acceptors (Lipinski definition) is 4. The second-order valence-corrected chi connectivity index (χ2v) is 5.92. The third-order valence-electron chi connectivity index (χ3n) is 4.15. The van der Waals surface area contributed by atoms with Crippen molar-refractivity contribution in [2.75, 3.05) is 6.54 Å². The van der Waals surface area contributed by atoms with E-state index >= 15 is 0 Å². The predicted octanol–water partition coefficient (Wildman–Crippen LogP) is 3.00. The molecule has 5 nitrogen and oxygen atoms in total. The summed E-state index contributed by atoms with van der Waals surface area (Å²) in [5, 5.41) is 3.42. The number of aryl methyl sites for hydroxylation is 1. The van der Waals surface area contributed by atoms with Gasteiger partial charge in [-0.15, -0.1) is 0 Å². The summed E-state index contributed by atoms with van der Waals surface area (Å²) in [5.41, 5.74) is 2.25. The van der Waals surface area contributed by atoms with Crippen molar-refractivity contribution < 1.29 is 4.42 Å². The summed E-state index contributed by atoms with van der Waals surface area (Å²) in [6, 6.07) is 8.26. The first-order valence-corrected chi connectivity index (χ1v) is 7.88. The Bertz CT molecular complexity index is 785. The number of hydrogen-bond donors (Lipinski definition) is 1. The zero-order chi connectivity index (χ0) is 14.9. The molecule has 0 aliphatic heterocycles. The quantitative estimate of drug-likeness (QED) is 0.710. The topological polar surface area (TPSA) is 55.9 Å². The van der Waals surface area contributed by atoms with E-state index in [9.17, 15) is 0 Å². The molecule has 4 rings (SSSR count). The molecule has 5 heteroatoms. The van der Waals surface area contributed by atoms with Gasteiger partial charge in [0.1, 0.15) is 11.6 Å². The van der Waals surface area contributed by atoms with E-state index in [4.69, 9.17) is 4.42 Å². The van der Waals surface area contributed by atoms with Gasteiger partial charge in [0.15, 0.2) is 5.89 Å². The number of oxazole rings is 1. The highest BCUT2D eigenvalue weighted by atomic mass is 16.4. The van der Waals surface area contributed by atoms with Crippen LogP contribution in [0.5, 0.6) is 0 Å². The summed E-state index contributed by atoms with van der Waals surface area (Å²) in [5.74, 6) is 3.47. The molecular weight excluding hydrogens is 276 g/mol. The van der Waals surface area contributed by atoms with Crippen LogP contribution in [0.15, 0.2) is 34.9 Å². The lowest BCUT2D eigenvalue weighted by molar-refractivity contribution is 0.437. The van der Waals surface area contributed by atoms with Gasteiger partial charge >= 0.3 is 0 Å². The first-order valence-electron chi connectivity index (χ1n) is 7.88. The minimum Gasteiger partial charge on any atom is -0.444 e. The molecule has 1 saturated carbocycles. The molecule has 22 heavy (non-hydrogen) atoms. The number of benzene rings is 1. The zero-order valence-corrected chi connectivity index (χ0v) is 12.7. The highest BCUT2D eigenvalue weighted by Gasteiger charge is 2.28. The Labute approximate surface area is 129 Å². The lowest BCUT2D eigenvalue weighted by Crippen LogP contribution is -2.19. The van der Waals surface area contributed by atoms with E-state index in [2.05, 4.69) is 45.0 Å². The van der Waals surface area contributed by atoms with Gasteiger partial charge in [-0.05, 0) is 31.9 Å². The van der Waals surface area contributed by atoms with E-state index in [1.54, 1.807) is 0 Å². The number of para-hydroxylation sites is 2. The lowest BCUT2D eigenvalue weighted by atomic mass is 10.3. The van der Waals surface area contributed by atoms with Crippen LogP contribution in [0, 0.1) is 6.92 Å². The van der Waals surface area contributed by atoms with Gasteiger partial charge in [-0.2, -0.15) is 0 Å². The highest BCUT2D eigenvalue weighted by molar-refractivity contribution is 5.75. The Kier molecular flexibility index (Phi) is 3.42. The highest BCUT2D eigenvalue weighted by Crippen LogP contribution is 2.39. The summed E-state index contributed by atoms with van der Waals surface area (Å²) >= 11 is 0. The third kappa shape index (κ3) is 2.64. The van der Waals surface area contributed by atoms with Gasteiger partial charge in [-0.3, -0.25) is 0 Å². The third-order valence-corrected chi connectivity index (χ3v) is 4.15. The summed E-state index contributed by atoms with van der Waals surface area (Å²) in [7, 11) is 0.